The highest BCUT2D eigenvalue weighted by Crippen LogP contribution is 2.32. The van der Waals surface area contributed by atoms with E-state index >= 15 is 0 Å². The number of thiophene rings is 1. The van der Waals surface area contributed by atoms with Crippen LogP contribution >= 0.6 is 11.3 Å². The van der Waals surface area contributed by atoms with Crippen molar-refractivity contribution in [1.82, 2.24) is 5.32 Å². The molecule has 0 aliphatic heterocycles. The van der Waals surface area contributed by atoms with Crippen LogP contribution in [0.4, 0.5) is 0 Å². The lowest BCUT2D eigenvalue weighted by atomic mass is 9.83. The Morgan fingerprint density at radius 3 is 2.90 bits per heavy atom. The van der Waals surface area contributed by atoms with Crippen LogP contribution in [0.3, 0.4) is 0 Å². The van der Waals surface area contributed by atoms with Crippen LogP contribution < -0.4 is 5.32 Å². The molecule has 1 aromatic heterocycles. The molecule has 0 amide bonds. The van der Waals surface area contributed by atoms with Gasteiger partial charge in [-0.3, -0.25) is 0 Å². The molecule has 1 N–H and O–H groups in total. The fourth-order valence-electron chi connectivity index (χ4n) is 2.89. The van der Waals surface area contributed by atoms with Crippen molar-refractivity contribution < 1.29 is 4.74 Å². The second-order valence-corrected chi connectivity index (χ2v) is 7.06. The summed E-state index contributed by atoms with van der Waals surface area (Å²) in [6, 6.07) is 8.69. The lowest BCUT2D eigenvalue weighted by Gasteiger charge is -2.24. The molecule has 0 unspecified atom stereocenters. The van der Waals surface area contributed by atoms with Crippen LogP contribution in [0.2, 0.25) is 0 Å². The average Bonchev–Trinajstić information content (AvgIpc) is 2.81. The summed E-state index contributed by atoms with van der Waals surface area (Å²) < 4.78 is 7.37. The monoisotopic (exact) mass is 303 g/mol. The molecule has 0 radical (unpaired) electrons. The van der Waals surface area contributed by atoms with Gasteiger partial charge in [-0.05, 0) is 30.3 Å². The standard InChI is InChI=1S/C18H25NOS/c1-2-19-12-18-16(13-20-11-10-14-6-5-7-14)15-8-3-4-9-17(15)21-18/h3-4,8-9,14,19H,2,5-7,10-13H2,1H3. The first kappa shape index (κ1) is 15.0. The fraction of sp³-hybridized carbons (Fsp3) is 0.556. The second kappa shape index (κ2) is 7.39. The van der Waals surface area contributed by atoms with Gasteiger partial charge in [0.1, 0.15) is 0 Å². The molecule has 1 aromatic carbocycles. The third-order valence-corrected chi connectivity index (χ3v) is 5.67. The van der Waals surface area contributed by atoms with E-state index in [-0.39, 0.29) is 0 Å². The van der Waals surface area contributed by atoms with Crippen LogP contribution in [0.5, 0.6) is 0 Å². The van der Waals surface area contributed by atoms with Crippen LogP contribution in [0, 0.1) is 5.92 Å². The summed E-state index contributed by atoms with van der Waals surface area (Å²) in [6.45, 7) is 5.79. The lowest BCUT2D eigenvalue weighted by Crippen LogP contribution is -2.14. The van der Waals surface area contributed by atoms with E-state index < -0.39 is 0 Å². The average molecular weight is 303 g/mol. The third kappa shape index (κ3) is 3.65. The van der Waals surface area contributed by atoms with Crippen molar-refractivity contribution in [2.24, 2.45) is 5.92 Å². The smallest absolute Gasteiger partial charge is 0.0734 e. The van der Waals surface area contributed by atoms with Gasteiger partial charge in [0.15, 0.2) is 0 Å². The fourth-order valence-corrected chi connectivity index (χ4v) is 4.07. The SMILES string of the molecule is CCNCc1sc2ccccc2c1COCCC1CCC1. The van der Waals surface area contributed by atoms with Crippen LogP contribution in [0.25, 0.3) is 10.1 Å². The van der Waals surface area contributed by atoms with E-state index in [4.69, 9.17) is 4.74 Å². The molecule has 0 spiro atoms. The molecule has 3 rings (SSSR count). The molecule has 0 saturated heterocycles. The maximum atomic E-state index is 5.99. The normalized spacial score (nSPS) is 15.5. The predicted octanol–water partition coefficient (Wildman–Crippen LogP) is 4.72. The van der Waals surface area contributed by atoms with Gasteiger partial charge in [0.2, 0.25) is 0 Å². The van der Waals surface area contributed by atoms with E-state index in [1.54, 1.807) is 0 Å². The van der Waals surface area contributed by atoms with Crippen molar-refractivity contribution in [2.45, 2.75) is 45.8 Å². The maximum Gasteiger partial charge on any atom is 0.0734 e. The number of ether oxygens (including phenoxy) is 1. The minimum Gasteiger partial charge on any atom is -0.377 e. The first-order chi connectivity index (χ1) is 10.4. The molecule has 114 valence electrons. The first-order valence-electron chi connectivity index (χ1n) is 8.16. The minimum atomic E-state index is 0.761. The van der Waals surface area contributed by atoms with Crippen molar-refractivity contribution in [3.05, 3.63) is 34.7 Å². The van der Waals surface area contributed by atoms with E-state index in [9.17, 15) is 0 Å². The van der Waals surface area contributed by atoms with E-state index in [1.165, 1.54) is 46.2 Å². The highest BCUT2D eigenvalue weighted by atomic mass is 32.1. The van der Waals surface area contributed by atoms with Crippen LogP contribution in [0.15, 0.2) is 24.3 Å². The number of hydrogen-bond donors (Lipinski definition) is 1. The van der Waals surface area contributed by atoms with Crippen molar-refractivity contribution in [3.8, 4) is 0 Å². The summed E-state index contributed by atoms with van der Waals surface area (Å²) in [5, 5.41) is 4.82. The number of fused-ring (bicyclic) bond motifs is 1. The van der Waals surface area contributed by atoms with E-state index in [0.717, 1.165) is 32.2 Å². The van der Waals surface area contributed by atoms with Crippen molar-refractivity contribution in [1.29, 1.82) is 0 Å². The number of benzene rings is 1. The van der Waals surface area contributed by atoms with Gasteiger partial charge in [-0.2, -0.15) is 0 Å². The largest absolute Gasteiger partial charge is 0.377 e. The Morgan fingerprint density at radius 1 is 1.29 bits per heavy atom. The van der Waals surface area contributed by atoms with E-state index in [2.05, 4.69) is 36.5 Å². The zero-order valence-corrected chi connectivity index (χ0v) is 13.7. The Hall–Kier alpha value is -0.900. The molecule has 1 heterocycles. The van der Waals surface area contributed by atoms with Gasteiger partial charge in [-0.1, -0.05) is 44.4 Å². The zero-order chi connectivity index (χ0) is 14.5. The van der Waals surface area contributed by atoms with Crippen LogP contribution in [0.1, 0.15) is 43.0 Å². The molecule has 1 fully saturated rings. The molecule has 0 atom stereocenters. The quantitative estimate of drug-likeness (QED) is 0.713. The molecule has 2 aromatic rings. The van der Waals surface area contributed by atoms with Crippen molar-refractivity contribution in [2.75, 3.05) is 13.2 Å². The number of nitrogens with one attached hydrogen (secondary N) is 1. The molecule has 1 aliphatic carbocycles. The van der Waals surface area contributed by atoms with Gasteiger partial charge in [-0.15, -0.1) is 11.3 Å². The highest BCUT2D eigenvalue weighted by molar-refractivity contribution is 7.19. The molecule has 3 heteroatoms. The lowest BCUT2D eigenvalue weighted by molar-refractivity contribution is 0.0954. The zero-order valence-electron chi connectivity index (χ0n) is 12.9. The summed E-state index contributed by atoms with van der Waals surface area (Å²) >= 11 is 1.90. The van der Waals surface area contributed by atoms with Crippen molar-refractivity contribution >= 4 is 21.4 Å². The second-order valence-electron chi connectivity index (χ2n) is 5.92. The number of hydrogen-bond acceptors (Lipinski definition) is 3. The summed E-state index contributed by atoms with van der Waals surface area (Å²) in [5.41, 5.74) is 1.39. The van der Waals surface area contributed by atoms with Gasteiger partial charge in [0.05, 0.1) is 6.61 Å². The van der Waals surface area contributed by atoms with Crippen LogP contribution in [-0.4, -0.2) is 13.2 Å². The Bertz CT molecular complexity index is 574. The van der Waals surface area contributed by atoms with Gasteiger partial charge < -0.3 is 10.1 Å². The highest BCUT2D eigenvalue weighted by Gasteiger charge is 2.17. The molecular weight excluding hydrogens is 278 g/mol. The Kier molecular flexibility index (Phi) is 5.28. The Morgan fingerprint density at radius 2 is 2.14 bits per heavy atom. The molecule has 2 nitrogen and oxygen atoms in total. The summed E-state index contributed by atoms with van der Waals surface area (Å²) in [4.78, 5) is 1.43. The Labute approximate surface area is 131 Å². The summed E-state index contributed by atoms with van der Waals surface area (Å²) in [5.74, 6) is 0.936. The molecule has 1 saturated carbocycles. The van der Waals surface area contributed by atoms with Gasteiger partial charge in [-0.25, -0.2) is 0 Å². The summed E-state index contributed by atoms with van der Waals surface area (Å²) in [6.07, 6.45) is 5.49. The van der Waals surface area contributed by atoms with Gasteiger partial charge in [0, 0.05) is 28.3 Å². The summed E-state index contributed by atoms with van der Waals surface area (Å²) in [7, 11) is 0. The van der Waals surface area contributed by atoms with E-state index in [1.807, 2.05) is 11.3 Å². The van der Waals surface area contributed by atoms with Gasteiger partial charge in [0.25, 0.3) is 0 Å². The maximum absolute atomic E-state index is 5.99. The molecule has 21 heavy (non-hydrogen) atoms. The Balaban J connectivity index is 1.65. The van der Waals surface area contributed by atoms with Crippen molar-refractivity contribution in [3.63, 3.8) is 0 Å². The molecule has 1 aliphatic rings. The number of rotatable bonds is 8. The third-order valence-electron chi connectivity index (χ3n) is 4.46. The first-order valence-corrected chi connectivity index (χ1v) is 8.98. The topological polar surface area (TPSA) is 21.3 Å². The predicted molar refractivity (Wildman–Crippen MR) is 90.8 cm³/mol. The van der Waals surface area contributed by atoms with Gasteiger partial charge >= 0.3 is 0 Å². The molecule has 0 bridgehead atoms. The molecular formula is C18H25NOS. The minimum absolute atomic E-state index is 0.761. The van der Waals surface area contributed by atoms with Crippen LogP contribution in [-0.2, 0) is 17.9 Å². The van der Waals surface area contributed by atoms with E-state index in [0.29, 0.717) is 0 Å².